The van der Waals surface area contributed by atoms with Crippen LogP contribution in [0.1, 0.15) is 15.6 Å². The van der Waals surface area contributed by atoms with Crippen molar-refractivity contribution in [1.82, 2.24) is 4.98 Å². The quantitative estimate of drug-likeness (QED) is 0.756. The summed E-state index contributed by atoms with van der Waals surface area (Å²) in [6.07, 6.45) is 2.21. The normalized spacial score (nSPS) is 10.5. The Morgan fingerprint density at radius 3 is 2.85 bits per heavy atom. The van der Waals surface area contributed by atoms with Gasteiger partial charge in [-0.05, 0) is 24.8 Å². The number of hydrogen-bond acceptors (Lipinski definition) is 3. The van der Waals surface area contributed by atoms with Crippen molar-refractivity contribution in [3.05, 3.63) is 38.5 Å². The molecule has 13 heavy (non-hydrogen) atoms. The van der Waals surface area contributed by atoms with E-state index in [4.69, 9.17) is 0 Å². The molecule has 0 aliphatic carbocycles. The summed E-state index contributed by atoms with van der Waals surface area (Å²) in [6, 6.07) is 4.29. The van der Waals surface area contributed by atoms with E-state index in [-0.39, 0.29) is 0 Å². The second-order valence-electron chi connectivity index (χ2n) is 2.96. The van der Waals surface area contributed by atoms with E-state index in [1.807, 2.05) is 18.3 Å². The standard InChI is InChI=1S/C10H11NS2/c1-8-7-13-10(11-8)5-4-9-3-2-6-12-9/h2-3,6-7H,4-5H2,1H3. The van der Waals surface area contributed by atoms with Gasteiger partial charge in [0.05, 0.1) is 5.01 Å². The summed E-state index contributed by atoms with van der Waals surface area (Å²) < 4.78 is 0. The largest absolute Gasteiger partial charge is 0.247 e. The van der Waals surface area contributed by atoms with Gasteiger partial charge in [0.15, 0.2) is 0 Å². The Hall–Kier alpha value is -0.670. The maximum absolute atomic E-state index is 4.43. The Morgan fingerprint density at radius 2 is 2.23 bits per heavy atom. The third kappa shape index (κ3) is 2.39. The van der Waals surface area contributed by atoms with Crippen molar-refractivity contribution in [3.8, 4) is 0 Å². The summed E-state index contributed by atoms with van der Waals surface area (Å²) in [5, 5.41) is 5.50. The Bertz CT molecular complexity index is 362. The molecule has 2 aromatic heterocycles. The van der Waals surface area contributed by atoms with Gasteiger partial charge in [-0.3, -0.25) is 0 Å². The number of thiophene rings is 1. The van der Waals surface area contributed by atoms with Gasteiger partial charge in [-0.2, -0.15) is 0 Å². The summed E-state index contributed by atoms with van der Waals surface area (Å²) in [7, 11) is 0. The molecule has 0 aliphatic rings. The molecule has 0 aromatic carbocycles. The number of hydrogen-bond donors (Lipinski definition) is 0. The number of aromatic nitrogens is 1. The Balaban J connectivity index is 1.93. The summed E-state index contributed by atoms with van der Waals surface area (Å²) in [5.41, 5.74) is 1.14. The monoisotopic (exact) mass is 209 g/mol. The van der Waals surface area contributed by atoms with E-state index in [0.29, 0.717) is 0 Å². The number of thiazole rings is 1. The van der Waals surface area contributed by atoms with Crippen LogP contribution in [0.15, 0.2) is 22.9 Å². The number of aryl methyl sites for hydroxylation is 3. The van der Waals surface area contributed by atoms with E-state index in [1.165, 1.54) is 9.88 Å². The van der Waals surface area contributed by atoms with Gasteiger partial charge < -0.3 is 0 Å². The van der Waals surface area contributed by atoms with Gasteiger partial charge >= 0.3 is 0 Å². The molecule has 0 aliphatic heterocycles. The molecule has 0 radical (unpaired) electrons. The molecule has 1 nitrogen and oxygen atoms in total. The lowest BCUT2D eigenvalue weighted by atomic mass is 10.3. The average molecular weight is 209 g/mol. The summed E-state index contributed by atoms with van der Waals surface area (Å²) in [5.74, 6) is 0. The fourth-order valence-electron chi connectivity index (χ4n) is 1.20. The maximum atomic E-state index is 4.43. The van der Waals surface area contributed by atoms with E-state index in [0.717, 1.165) is 18.5 Å². The molecule has 0 unspecified atom stereocenters. The van der Waals surface area contributed by atoms with Crippen molar-refractivity contribution >= 4 is 22.7 Å². The minimum absolute atomic E-state index is 1.08. The zero-order valence-electron chi connectivity index (χ0n) is 7.49. The van der Waals surface area contributed by atoms with Gasteiger partial charge in [-0.25, -0.2) is 4.98 Å². The molecular weight excluding hydrogens is 198 g/mol. The first-order valence-electron chi connectivity index (χ1n) is 4.28. The first-order chi connectivity index (χ1) is 6.34. The van der Waals surface area contributed by atoms with Crippen LogP contribution >= 0.6 is 22.7 Å². The molecule has 0 fully saturated rings. The summed E-state index contributed by atoms with van der Waals surface area (Å²) in [4.78, 5) is 5.88. The van der Waals surface area contributed by atoms with E-state index in [9.17, 15) is 0 Å². The van der Waals surface area contributed by atoms with Crippen molar-refractivity contribution in [3.63, 3.8) is 0 Å². The van der Waals surface area contributed by atoms with Gasteiger partial charge in [0.1, 0.15) is 0 Å². The van der Waals surface area contributed by atoms with Crippen molar-refractivity contribution in [1.29, 1.82) is 0 Å². The zero-order valence-corrected chi connectivity index (χ0v) is 9.12. The van der Waals surface area contributed by atoms with E-state index in [1.54, 1.807) is 11.3 Å². The third-order valence-corrected chi connectivity index (χ3v) is 3.79. The molecule has 3 heteroatoms. The highest BCUT2D eigenvalue weighted by molar-refractivity contribution is 7.10. The van der Waals surface area contributed by atoms with Crippen LogP contribution in [0.5, 0.6) is 0 Å². The lowest BCUT2D eigenvalue weighted by Gasteiger charge is -1.92. The predicted octanol–water partition coefficient (Wildman–Crippen LogP) is 3.30. The Kier molecular flexibility index (Phi) is 2.76. The predicted molar refractivity (Wildman–Crippen MR) is 58.6 cm³/mol. The first kappa shape index (κ1) is 8.91. The van der Waals surface area contributed by atoms with Crippen molar-refractivity contribution in [2.45, 2.75) is 19.8 Å². The fraction of sp³-hybridized carbons (Fsp3) is 0.300. The minimum Gasteiger partial charge on any atom is -0.247 e. The van der Waals surface area contributed by atoms with E-state index >= 15 is 0 Å². The molecule has 0 bridgehead atoms. The molecule has 0 saturated heterocycles. The van der Waals surface area contributed by atoms with Crippen molar-refractivity contribution in [2.75, 3.05) is 0 Å². The van der Waals surface area contributed by atoms with Gasteiger partial charge in [0, 0.05) is 22.4 Å². The topological polar surface area (TPSA) is 12.9 Å². The molecule has 2 rings (SSSR count). The lowest BCUT2D eigenvalue weighted by molar-refractivity contribution is 0.953. The van der Waals surface area contributed by atoms with Crippen LogP contribution in [0, 0.1) is 6.92 Å². The summed E-state index contributed by atoms with van der Waals surface area (Å²) in [6.45, 7) is 2.05. The molecule has 0 atom stereocenters. The molecule has 0 N–H and O–H groups in total. The van der Waals surface area contributed by atoms with Crippen LogP contribution in [0.4, 0.5) is 0 Å². The second kappa shape index (κ2) is 4.03. The number of rotatable bonds is 3. The van der Waals surface area contributed by atoms with Gasteiger partial charge in [0.2, 0.25) is 0 Å². The molecule has 0 saturated carbocycles. The first-order valence-corrected chi connectivity index (χ1v) is 6.04. The SMILES string of the molecule is Cc1csc(CCc2cccs2)n1. The molecule has 0 amide bonds. The van der Waals surface area contributed by atoms with Gasteiger partial charge in [0.25, 0.3) is 0 Å². The Labute approximate surface area is 86.1 Å². The maximum Gasteiger partial charge on any atom is 0.0931 e. The minimum atomic E-state index is 1.08. The van der Waals surface area contributed by atoms with Crippen LogP contribution < -0.4 is 0 Å². The van der Waals surface area contributed by atoms with Crippen LogP contribution in [0.2, 0.25) is 0 Å². The van der Waals surface area contributed by atoms with Crippen LogP contribution in [-0.2, 0) is 12.8 Å². The second-order valence-corrected chi connectivity index (χ2v) is 4.94. The molecule has 2 aromatic rings. The fourth-order valence-corrected chi connectivity index (χ4v) is 2.69. The molecule has 68 valence electrons. The van der Waals surface area contributed by atoms with Gasteiger partial charge in [-0.15, -0.1) is 22.7 Å². The lowest BCUT2D eigenvalue weighted by Crippen LogP contribution is -1.87. The molecular formula is C10H11NS2. The smallest absolute Gasteiger partial charge is 0.0931 e. The van der Waals surface area contributed by atoms with E-state index in [2.05, 4.69) is 27.9 Å². The summed E-state index contributed by atoms with van der Waals surface area (Å²) >= 11 is 3.59. The molecule has 2 heterocycles. The van der Waals surface area contributed by atoms with E-state index < -0.39 is 0 Å². The number of nitrogens with zero attached hydrogens (tertiary/aromatic N) is 1. The highest BCUT2D eigenvalue weighted by Crippen LogP contribution is 2.15. The highest BCUT2D eigenvalue weighted by Gasteiger charge is 1.99. The van der Waals surface area contributed by atoms with Crippen LogP contribution in [0.25, 0.3) is 0 Å². The van der Waals surface area contributed by atoms with Crippen molar-refractivity contribution < 1.29 is 0 Å². The van der Waals surface area contributed by atoms with Crippen LogP contribution in [0.3, 0.4) is 0 Å². The van der Waals surface area contributed by atoms with Crippen LogP contribution in [-0.4, -0.2) is 4.98 Å². The molecule has 0 spiro atoms. The average Bonchev–Trinajstić information content (AvgIpc) is 2.71. The van der Waals surface area contributed by atoms with Gasteiger partial charge in [-0.1, -0.05) is 6.07 Å². The van der Waals surface area contributed by atoms with Crippen molar-refractivity contribution in [2.24, 2.45) is 0 Å². The zero-order chi connectivity index (χ0) is 9.10. The highest BCUT2D eigenvalue weighted by atomic mass is 32.1. The third-order valence-electron chi connectivity index (χ3n) is 1.83. The Morgan fingerprint density at radius 1 is 1.31 bits per heavy atom.